The van der Waals surface area contributed by atoms with E-state index in [1.807, 2.05) is 0 Å². The molecule has 170 valence electrons. The lowest BCUT2D eigenvalue weighted by Gasteiger charge is -2.33. The Hall–Kier alpha value is -2.75. The second kappa shape index (κ2) is 8.07. The van der Waals surface area contributed by atoms with Crippen LogP contribution in [-0.2, 0) is 47.7 Å². The lowest BCUT2D eigenvalue weighted by molar-refractivity contribution is -0.169. The van der Waals surface area contributed by atoms with Crippen molar-refractivity contribution in [1.82, 2.24) is 0 Å². The number of esters is 4. The highest BCUT2D eigenvalue weighted by Gasteiger charge is 2.63. The van der Waals surface area contributed by atoms with Crippen molar-refractivity contribution in [3.05, 3.63) is 11.1 Å². The van der Waals surface area contributed by atoms with Gasteiger partial charge in [-0.3, -0.25) is 19.2 Å². The normalized spacial score (nSPS) is 34.8. The molecule has 0 bridgehead atoms. The molecule has 0 aromatic rings. The van der Waals surface area contributed by atoms with E-state index in [-0.39, 0.29) is 36.4 Å². The van der Waals surface area contributed by atoms with Gasteiger partial charge in [-0.15, -0.1) is 0 Å². The smallest absolute Gasteiger partial charge is 0.338 e. The maximum absolute atomic E-state index is 13.0. The highest BCUT2D eigenvalue weighted by molar-refractivity contribution is 5.94. The summed E-state index contributed by atoms with van der Waals surface area (Å²) in [5, 5.41) is 0. The van der Waals surface area contributed by atoms with Crippen molar-refractivity contribution in [2.24, 2.45) is 0 Å². The molecule has 2 fully saturated rings. The number of ketones is 1. The van der Waals surface area contributed by atoms with Gasteiger partial charge in [0.1, 0.15) is 18.8 Å². The zero-order valence-corrected chi connectivity index (χ0v) is 18.1. The van der Waals surface area contributed by atoms with Gasteiger partial charge < -0.3 is 23.7 Å². The standard InChI is InChI=1S/C21H26O10/c1-10(22)27-9-13-16-14(28-11(2)23)8-21(5,30-12(3)24)15(25)6-7-20(4)18(31-20)17(16)29-19(13)26/h14,17-18H,6-9H2,1-5H3/t14?,17-,18-,20+,21+/m0/s1. The summed E-state index contributed by atoms with van der Waals surface area (Å²) < 4.78 is 27.2. The van der Waals surface area contributed by atoms with Gasteiger partial charge in [0, 0.05) is 39.2 Å². The molecule has 1 unspecified atom stereocenters. The Morgan fingerprint density at radius 2 is 1.74 bits per heavy atom. The number of fused-ring (bicyclic) bond motifs is 3. The van der Waals surface area contributed by atoms with E-state index >= 15 is 0 Å². The maximum atomic E-state index is 13.0. The molecular formula is C21H26O10. The largest absolute Gasteiger partial charge is 0.461 e. The molecule has 10 heteroatoms. The van der Waals surface area contributed by atoms with E-state index in [9.17, 15) is 24.0 Å². The molecule has 0 spiro atoms. The molecule has 0 radical (unpaired) electrons. The van der Waals surface area contributed by atoms with Crippen molar-refractivity contribution in [2.75, 3.05) is 6.61 Å². The van der Waals surface area contributed by atoms with Gasteiger partial charge in [-0.2, -0.15) is 0 Å². The zero-order chi connectivity index (χ0) is 23.1. The molecule has 0 N–H and O–H groups in total. The fraction of sp³-hybridized carbons (Fsp3) is 0.667. The number of carbonyl (C=O) groups excluding carboxylic acids is 5. The third-order valence-electron chi connectivity index (χ3n) is 5.81. The molecular weight excluding hydrogens is 412 g/mol. The van der Waals surface area contributed by atoms with E-state index in [0.29, 0.717) is 6.42 Å². The Morgan fingerprint density at radius 3 is 2.32 bits per heavy atom. The predicted octanol–water partition coefficient (Wildman–Crippen LogP) is 0.935. The summed E-state index contributed by atoms with van der Waals surface area (Å²) in [6.07, 6.45) is -2.41. The van der Waals surface area contributed by atoms with Crippen LogP contribution in [0.25, 0.3) is 0 Å². The second-order valence-corrected chi connectivity index (χ2v) is 8.44. The molecule has 1 saturated heterocycles. The zero-order valence-electron chi connectivity index (χ0n) is 18.1. The summed E-state index contributed by atoms with van der Waals surface area (Å²) in [7, 11) is 0. The van der Waals surface area contributed by atoms with Gasteiger partial charge in [-0.1, -0.05) is 0 Å². The first kappa shape index (κ1) is 22.9. The van der Waals surface area contributed by atoms with Crippen LogP contribution in [0, 0.1) is 0 Å². The lowest BCUT2D eigenvalue weighted by Crippen LogP contribution is -2.46. The Labute approximate surface area is 179 Å². The molecule has 5 atom stereocenters. The summed E-state index contributed by atoms with van der Waals surface area (Å²) in [5.41, 5.74) is -2.09. The molecule has 0 aromatic carbocycles. The minimum Gasteiger partial charge on any atom is -0.461 e. The molecule has 0 aromatic heterocycles. The van der Waals surface area contributed by atoms with Gasteiger partial charge >= 0.3 is 23.9 Å². The fourth-order valence-corrected chi connectivity index (χ4v) is 4.22. The summed E-state index contributed by atoms with van der Waals surface area (Å²) >= 11 is 0. The van der Waals surface area contributed by atoms with Crippen LogP contribution in [-0.4, -0.2) is 65.8 Å². The van der Waals surface area contributed by atoms with Crippen LogP contribution >= 0.6 is 0 Å². The first-order valence-electron chi connectivity index (χ1n) is 10.0. The van der Waals surface area contributed by atoms with Gasteiger partial charge in [0.2, 0.25) is 0 Å². The van der Waals surface area contributed by atoms with Gasteiger partial charge in [-0.25, -0.2) is 4.79 Å². The van der Waals surface area contributed by atoms with E-state index in [0.717, 1.165) is 0 Å². The second-order valence-electron chi connectivity index (χ2n) is 8.44. The van der Waals surface area contributed by atoms with Crippen molar-refractivity contribution in [2.45, 2.75) is 83.4 Å². The van der Waals surface area contributed by atoms with Crippen LogP contribution in [0.15, 0.2) is 11.1 Å². The number of ether oxygens (including phenoxy) is 5. The summed E-state index contributed by atoms with van der Waals surface area (Å²) in [4.78, 5) is 60.6. The van der Waals surface area contributed by atoms with Crippen LogP contribution in [0.1, 0.15) is 53.9 Å². The molecule has 1 aliphatic carbocycles. The number of hydrogen-bond acceptors (Lipinski definition) is 10. The molecule has 1 saturated carbocycles. The maximum Gasteiger partial charge on any atom is 0.338 e. The van der Waals surface area contributed by atoms with E-state index in [1.165, 1.54) is 27.7 Å². The van der Waals surface area contributed by atoms with E-state index in [2.05, 4.69) is 0 Å². The average molecular weight is 438 g/mol. The quantitative estimate of drug-likeness (QED) is 0.354. The van der Waals surface area contributed by atoms with Gasteiger partial charge in [-0.05, 0) is 20.3 Å². The third kappa shape index (κ3) is 4.63. The van der Waals surface area contributed by atoms with Crippen molar-refractivity contribution < 1.29 is 47.7 Å². The minimum absolute atomic E-state index is 0.0162. The van der Waals surface area contributed by atoms with Crippen LogP contribution in [0.2, 0.25) is 0 Å². The lowest BCUT2D eigenvalue weighted by atomic mass is 9.80. The molecule has 10 nitrogen and oxygen atoms in total. The SMILES string of the molecule is CC(=O)OCC1=C2C(OC(C)=O)C[C@@](C)(OC(C)=O)C(=O)CC[C@@]3(C)O[C@H]3[C@H]2OC1=O. The fourth-order valence-electron chi connectivity index (χ4n) is 4.22. The number of carbonyl (C=O) groups is 5. The molecule has 3 aliphatic rings. The molecule has 2 heterocycles. The van der Waals surface area contributed by atoms with Gasteiger partial charge in [0.05, 0.1) is 11.2 Å². The van der Waals surface area contributed by atoms with Crippen LogP contribution in [0.5, 0.6) is 0 Å². The van der Waals surface area contributed by atoms with E-state index in [4.69, 9.17) is 23.7 Å². The van der Waals surface area contributed by atoms with Crippen molar-refractivity contribution in [3.63, 3.8) is 0 Å². The van der Waals surface area contributed by atoms with Gasteiger partial charge in [0.25, 0.3) is 0 Å². The summed E-state index contributed by atoms with van der Waals surface area (Å²) in [5.74, 6) is -3.04. The Balaban J connectivity index is 2.12. The number of hydrogen-bond donors (Lipinski definition) is 0. The van der Waals surface area contributed by atoms with Crippen LogP contribution in [0.3, 0.4) is 0 Å². The Bertz CT molecular complexity index is 873. The first-order valence-corrected chi connectivity index (χ1v) is 10.0. The summed E-state index contributed by atoms with van der Waals surface area (Å²) in [6, 6.07) is 0. The Morgan fingerprint density at radius 1 is 1.06 bits per heavy atom. The average Bonchev–Trinajstić information content (AvgIpc) is 3.19. The molecule has 31 heavy (non-hydrogen) atoms. The van der Waals surface area contributed by atoms with E-state index < -0.39 is 53.4 Å². The van der Waals surface area contributed by atoms with Crippen LogP contribution < -0.4 is 0 Å². The first-order chi connectivity index (χ1) is 14.4. The van der Waals surface area contributed by atoms with Crippen molar-refractivity contribution >= 4 is 29.7 Å². The molecule has 2 aliphatic heterocycles. The van der Waals surface area contributed by atoms with Gasteiger partial charge in [0.15, 0.2) is 17.5 Å². The number of rotatable bonds is 4. The predicted molar refractivity (Wildman–Crippen MR) is 101 cm³/mol. The van der Waals surface area contributed by atoms with Crippen molar-refractivity contribution in [3.8, 4) is 0 Å². The van der Waals surface area contributed by atoms with Crippen LogP contribution in [0.4, 0.5) is 0 Å². The minimum atomic E-state index is -1.61. The molecule has 0 amide bonds. The third-order valence-corrected chi connectivity index (χ3v) is 5.81. The highest BCUT2D eigenvalue weighted by atomic mass is 16.7. The molecule has 3 rings (SSSR count). The monoisotopic (exact) mass is 438 g/mol. The Kier molecular flexibility index (Phi) is 5.96. The number of epoxide rings is 1. The number of Topliss-reactive ketones (excluding diaryl/α,β-unsaturated/α-hetero) is 1. The topological polar surface area (TPSA) is 135 Å². The van der Waals surface area contributed by atoms with E-state index in [1.54, 1.807) is 6.92 Å². The summed E-state index contributed by atoms with van der Waals surface area (Å²) in [6.45, 7) is 6.39. The van der Waals surface area contributed by atoms with Crippen molar-refractivity contribution in [1.29, 1.82) is 0 Å². The highest BCUT2D eigenvalue weighted by Crippen LogP contribution is 2.50.